The average molecular weight is 536 g/mol. The molecule has 1 fully saturated rings. The highest BCUT2D eigenvalue weighted by Crippen LogP contribution is 2.33. The number of hydrogen-bond donors (Lipinski definition) is 1. The number of nitrogens with one attached hydrogen (secondary N) is 1. The zero-order valence-electron chi connectivity index (χ0n) is 21.9. The Labute approximate surface area is 217 Å². The predicted octanol–water partition coefficient (Wildman–Crippen LogP) is 2.68. The Morgan fingerprint density at radius 3 is 1.94 bits per heavy atom. The fourth-order valence-electron chi connectivity index (χ4n) is 3.62. The van der Waals surface area contributed by atoms with Crippen LogP contribution in [0.2, 0.25) is 0 Å². The van der Waals surface area contributed by atoms with Gasteiger partial charge in [0.25, 0.3) is 0 Å². The van der Waals surface area contributed by atoms with E-state index in [1.165, 1.54) is 53.4 Å². The highest BCUT2D eigenvalue weighted by molar-refractivity contribution is 7.97. The number of rotatable bonds is 17. The molecule has 0 saturated carbocycles. The van der Waals surface area contributed by atoms with Crippen molar-refractivity contribution in [3.8, 4) is 0 Å². The topological polar surface area (TPSA) is 136 Å². The third kappa shape index (κ3) is 13.4. The molecule has 1 aliphatic rings. The van der Waals surface area contributed by atoms with Crippen LogP contribution in [-0.4, -0.2) is 80.1 Å². The Kier molecular flexibility index (Phi) is 16.4. The van der Waals surface area contributed by atoms with Crippen molar-refractivity contribution in [2.24, 2.45) is 0 Å². The van der Waals surface area contributed by atoms with Gasteiger partial charge in [0.1, 0.15) is 12.7 Å². The molecule has 36 heavy (non-hydrogen) atoms. The highest BCUT2D eigenvalue weighted by Gasteiger charge is 2.52. The van der Waals surface area contributed by atoms with Gasteiger partial charge < -0.3 is 28.4 Å². The molecule has 1 saturated heterocycles. The first-order valence-corrected chi connectivity index (χ1v) is 13.3. The number of carbonyl (C=O) groups excluding carboxylic acids is 4. The Hall–Kier alpha value is -1.89. The normalized spacial score (nSPS) is 23.5. The molecular formula is C24H41NO10S. The second-order valence-electron chi connectivity index (χ2n) is 8.46. The van der Waals surface area contributed by atoms with Gasteiger partial charge in [-0.25, -0.2) is 0 Å². The molecule has 1 aliphatic heterocycles. The number of esters is 4. The van der Waals surface area contributed by atoms with Crippen molar-refractivity contribution in [2.75, 3.05) is 26.4 Å². The Bertz CT molecular complexity index is 692. The summed E-state index contributed by atoms with van der Waals surface area (Å²) in [6.07, 6.45) is 2.73. The predicted molar refractivity (Wildman–Crippen MR) is 132 cm³/mol. The van der Waals surface area contributed by atoms with E-state index in [9.17, 15) is 19.2 Å². The van der Waals surface area contributed by atoms with E-state index in [2.05, 4.69) is 11.6 Å². The lowest BCUT2D eigenvalue weighted by Crippen LogP contribution is -2.61. The highest BCUT2D eigenvalue weighted by atomic mass is 32.2. The number of hydrogen-bond acceptors (Lipinski definition) is 12. The summed E-state index contributed by atoms with van der Waals surface area (Å²) in [5.74, 6) is -2.52. The molecule has 11 nitrogen and oxygen atoms in total. The van der Waals surface area contributed by atoms with Crippen LogP contribution in [0.4, 0.5) is 0 Å². The van der Waals surface area contributed by atoms with Crippen LogP contribution in [0.25, 0.3) is 0 Å². The van der Waals surface area contributed by atoms with Crippen molar-refractivity contribution >= 4 is 35.8 Å². The Balaban J connectivity index is 2.77. The van der Waals surface area contributed by atoms with Gasteiger partial charge in [0.15, 0.2) is 23.7 Å². The van der Waals surface area contributed by atoms with E-state index in [1.54, 1.807) is 0 Å². The van der Waals surface area contributed by atoms with Gasteiger partial charge in [-0.05, 0) is 18.4 Å². The third-order valence-electron chi connectivity index (χ3n) is 5.14. The summed E-state index contributed by atoms with van der Waals surface area (Å²) < 4.78 is 36.0. The molecule has 0 aromatic carbocycles. The second kappa shape index (κ2) is 18.4. The van der Waals surface area contributed by atoms with E-state index in [-0.39, 0.29) is 6.61 Å². The maximum atomic E-state index is 11.8. The molecular weight excluding hydrogens is 494 g/mol. The summed E-state index contributed by atoms with van der Waals surface area (Å²) in [5.41, 5.74) is -0.857. The molecule has 12 heteroatoms. The summed E-state index contributed by atoms with van der Waals surface area (Å²) in [4.78, 5) is 46.8. The minimum absolute atomic E-state index is 0.254. The fourth-order valence-corrected chi connectivity index (χ4v) is 4.53. The second-order valence-corrected chi connectivity index (χ2v) is 9.45. The van der Waals surface area contributed by atoms with Crippen molar-refractivity contribution in [2.45, 2.75) is 103 Å². The lowest BCUT2D eigenvalue weighted by atomic mass is 9.99. The molecule has 1 rings (SSSR count). The van der Waals surface area contributed by atoms with E-state index in [4.69, 9.17) is 28.4 Å². The minimum atomic E-state index is -1.17. The smallest absolute Gasteiger partial charge is 0.303 e. The molecule has 0 radical (unpaired) electrons. The van der Waals surface area contributed by atoms with Crippen molar-refractivity contribution in [1.29, 1.82) is 0 Å². The SMILES string of the molecule is CCCCCCCCOCCNS[C@@H]1O[C@H](COC(C)=O)[C@@H](OC(C)=O)[C@H](OC(C)=O)[C@H]1OC(C)=O. The zero-order chi connectivity index (χ0) is 26.9. The van der Waals surface area contributed by atoms with Crippen LogP contribution in [0.15, 0.2) is 0 Å². The average Bonchev–Trinajstić information content (AvgIpc) is 2.78. The van der Waals surface area contributed by atoms with Crippen molar-refractivity contribution < 1.29 is 47.6 Å². The molecule has 0 aromatic rings. The lowest BCUT2D eigenvalue weighted by molar-refractivity contribution is -0.237. The summed E-state index contributed by atoms with van der Waals surface area (Å²) in [6, 6.07) is 0. The molecule has 0 bridgehead atoms. The molecule has 0 spiro atoms. The third-order valence-corrected chi connectivity index (χ3v) is 6.12. The van der Waals surface area contributed by atoms with Gasteiger partial charge in [0.05, 0.1) is 6.61 Å². The van der Waals surface area contributed by atoms with Crippen LogP contribution in [0.5, 0.6) is 0 Å². The standard InChI is InChI=1S/C24H41NO10S/c1-6-7-8-9-10-11-13-30-14-12-25-36-24-23(34-19(5)29)22(33-18(4)28)21(32-17(3)27)20(35-24)15-31-16(2)26/h20-25H,6-15H2,1-5H3/t20-,21-,22+,23-,24+/m1/s1. The first-order chi connectivity index (χ1) is 17.1. The minimum Gasteiger partial charge on any atom is -0.463 e. The van der Waals surface area contributed by atoms with Gasteiger partial charge >= 0.3 is 23.9 Å². The van der Waals surface area contributed by atoms with Gasteiger partial charge in [-0.15, -0.1) is 0 Å². The molecule has 1 heterocycles. The van der Waals surface area contributed by atoms with Crippen molar-refractivity contribution in [1.82, 2.24) is 4.72 Å². The molecule has 208 valence electrons. The molecule has 0 unspecified atom stereocenters. The fraction of sp³-hybridized carbons (Fsp3) is 0.833. The van der Waals surface area contributed by atoms with E-state index < -0.39 is 53.7 Å². The molecule has 5 atom stereocenters. The van der Waals surface area contributed by atoms with Crippen LogP contribution in [0, 0.1) is 0 Å². The molecule has 0 aromatic heterocycles. The number of ether oxygens (including phenoxy) is 6. The Morgan fingerprint density at radius 2 is 1.33 bits per heavy atom. The lowest BCUT2D eigenvalue weighted by Gasteiger charge is -2.44. The van der Waals surface area contributed by atoms with Crippen LogP contribution in [0.1, 0.15) is 73.1 Å². The van der Waals surface area contributed by atoms with Crippen molar-refractivity contribution in [3.63, 3.8) is 0 Å². The maximum absolute atomic E-state index is 11.8. The van der Waals surface area contributed by atoms with E-state index in [0.29, 0.717) is 19.8 Å². The maximum Gasteiger partial charge on any atom is 0.303 e. The summed E-state index contributed by atoms with van der Waals surface area (Å²) in [5, 5.41) is 0. The van der Waals surface area contributed by atoms with Crippen LogP contribution < -0.4 is 4.72 Å². The van der Waals surface area contributed by atoms with Crippen molar-refractivity contribution in [3.05, 3.63) is 0 Å². The van der Waals surface area contributed by atoms with Crippen LogP contribution in [0.3, 0.4) is 0 Å². The molecule has 0 aliphatic carbocycles. The van der Waals surface area contributed by atoms with Crippen LogP contribution >= 0.6 is 11.9 Å². The number of carbonyl (C=O) groups is 4. The summed E-state index contributed by atoms with van der Waals surface area (Å²) >= 11 is 1.11. The quantitative estimate of drug-likeness (QED) is 0.127. The first-order valence-electron chi connectivity index (χ1n) is 12.4. The van der Waals surface area contributed by atoms with Gasteiger partial charge in [0, 0.05) is 40.8 Å². The van der Waals surface area contributed by atoms with Gasteiger partial charge in [-0.1, -0.05) is 39.0 Å². The van der Waals surface area contributed by atoms with E-state index >= 15 is 0 Å². The van der Waals surface area contributed by atoms with Crippen LogP contribution in [-0.2, 0) is 47.6 Å². The van der Waals surface area contributed by atoms with Gasteiger partial charge in [-0.3, -0.25) is 23.9 Å². The summed E-state index contributed by atoms with van der Waals surface area (Å²) in [6.45, 7) is 8.37. The van der Waals surface area contributed by atoms with E-state index in [1.807, 2.05) is 0 Å². The van der Waals surface area contributed by atoms with E-state index in [0.717, 1.165) is 24.8 Å². The van der Waals surface area contributed by atoms with Gasteiger partial charge in [0.2, 0.25) is 0 Å². The molecule has 0 amide bonds. The zero-order valence-corrected chi connectivity index (χ0v) is 22.8. The number of unbranched alkanes of at least 4 members (excludes halogenated alkanes) is 5. The summed E-state index contributed by atoms with van der Waals surface area (Å²) in [7, 11) is 0. The molecule has 1 N–H and O–H groups in total. The monoisotopic (exact) mass is 535 g/mol. The Morgan fingerprint density at radius 1 is 0.750 bits per heavy atom. The van der Waals surface area contributed by atoms with Gasteiger partial charge in [-0.2, -0.15) is 0 Å². The largest absolute Gasteiger partial charge is 0.463 e. The first kappa shape index (κ1) is 32.1.